The van der Waals surface area contributed by atoms with Crippen molar-refractivity contribution in [2.24, 2.45) is 11.1 Å². The zero-order valence-electron chi connectivity index (χ0n) is 10.1. The summed E-state index contributed by atoms with van der Waals surface area (Å²) in [6, 6.07) is 7.10. The van der Waals surface area contributed by atoms with Crippen molar-refractivity contribution in [3.05, 3.63) is 24.3 Å². The summed E-state index contributed by atoms with van der Waals surface area (Å²) in [7, 11) is 1.57. The largest absolute Gasteiger partial charge is 0.497 e. The molecule has 0 unspecified atom stereocenters. The van der Waals surface area contributed by atoms with E-state index in [1.54, 1.807) is 45.2 Å². The maximum Gasteiger partial charge on any atom is 0.236 e. The van der Waals surface area contributed by atoms with Crippen molar-refractivity contribution in [2.75, 3.05) is 12.4 Å². The lowest BCUT2D eigenvalue weighted by Gasteiger charge is -2.22. The predicted molar refractivity (Wildman–Crippen MR) is 72.2 cm³/mol. The molecular weight excluding hydrogens is 236 g/mol. The zero-order valence-corrected chi connectivity index (χ0v) is 10.9. The van der Waals surface area contributed by atoms with Crippen molar-refractivity contribution in [1.82, 2.24) is 0 Å². The van der Waals surface area contributed by atoms with Gasteiger partial charge in [0.15, 0.2) is 0 Å². The molecule has 0 radical (unpaired) electrons. The second-order valence-electron chi connectivity index (χ2n) is 4.18. The molecule has 0 aliphatic heterocycles. The van der Waals surface area contributed by atoms with Crippen molar-refractivity contribution >= 4 is 28.8 Å². The Kier molecular flexibility index (Phi) is 4.07. The zero-order chi connectivity index (χ0) is 13.1. The van der Waals surface area contributed by atoms with Gasteiger partial charge in [-0.25, -0.2) is 0 Å². The third-order valence-electron chi connectivity index (χ3n) is 2.51. The van der Waals surface area contributed by atoms with Crippen LogP contribution in [-0.2, 0) is 4.79 Å². The molecule has 1 aromatic rings. The molecule has 4 nitrogen and oxygen atoms in total. The fraction of sp³-hybridized carbons (Fsp3) is 0.333. The SMILES string of the molecule is COc1cccc(NC(=O)C(C)(C)C(N)=S)c1. The molecule has 0 spiro atoms. The van der Waals surface area contributed by atoms with Crippen molar-refractivity contribution < 1.29 is 9.53 Å². The van der Waals surface area contributed by atoms with Gasteiger partial charge >= 0.3 is 0 Å². The maximum absolute atomic E-state index is 12.0. The summed E-state index contributed by atoms with van der Waals surface area (Å²) in [5, 5.41) is 2.75. The van der Waals surface area contributed by atoms with Gasteiger partial charge in [-0.2, -0.15) is 0 Å². The third-order valence-corrected chi connectivity index (χ3v) is 3.02. The monoisotopic (exact) mass is 252 g/mol. The van der Waals surface area contributed by atoms with E-state index in [-0.39, 0.29) is 10.9 Å². The normalized spacial score (nSPS) is 10.8. The molecule has 1 amide bonds. The number of methoxy groups -OCH3 is 1. The van der Waals surface area contributed by atoms with E-state index in [0.717, 1.165) is 0 Å². The van der Waals surface area contributed by atoms with Gasteiger partial charge in [0.05, 0.1) is 17.5 Å². The van der Waals surface area contributed by atoms with Crippen LogP contribution < -0.4 is 15.8 Å². The van der Waals surface area contributed by atoms with Crippen molar-refractivity contribution in [1.29, 1.82) is 0 Å². The summed E-state index contributed by atoms with van der Waals surface area (Å²) in [5.74, 6) is 0.439. The van der Waals surface area contributed by atoms with Crippen LogP contribution in [0.15, 0.2) is 24.3 Å². The van der Waals surface area contributed by atoms with E-state index in [0.29, 0.717) is 11.4 Å². The lowest BCUT2D eigenvalue weighted by atomic mass is 9.92. The number of hydrogen-bond acceptors (Lipinski definition) is 3. The molecule has 0 aliphatic carbocycles. The first kappa shape index (κ1) is 13.4. The van der Waals surface area contributed by atoms with E-state index in [2.05, 4.69) is 5.32 Å². The van der Waals surface area contributed by atoms with Gasteiger partial charge in [0, 0.05) is 11.8 Å². The average molecular weight is 252 g/mol. The summed E-state index contributed by atoms with van der Waals surface area (Å²) < 4.78 is 5.07. The molecule has 0 fully saturated rings. The topological polar surface area (TPSA) is 64.3 Å². The predicted octanol–water partition coefficient (Wildman–Crippen LogP) is 1.95. The van der Waals surface area contributed by atoms with Gasteiger partial charge in [-0.15, -0.1) is 0 Å². The number of amides is 1. The lowest BCUT2D eigenvalue weighted by molar-refractivity contribution is -0.121. The van der Waals surface area contributed by atoms with Crippen molar-refractivity contribution in [3.8, 4) is 5.75 Å². The summed E-state index contributed by atoms with van der Waals surface area (Å²) in [5.41, 5.74) is 5.30. The summed E-state index contributed by atoms with van der Waals surface area (Å²) in [6.07, 6.45) is 0. The van der Waals surface area contributed by atoms with Crippen LogP contribution >= 0.6 is 12.2 Å². The van der Waals surface area contributed by atoms with E-state index >= 15 is 0 Å². The number of carbonyl (C=O) groups is 1. The standard InChI is InChI=1S/C12H16N2O2S/c1-12(2,10(13)17)11(15)14-8-5-4-6-9(7-8)16-3/h4-7H,1-3H3,(H2,13,17)(H,14,15). The second kappa shape index (κ2) is 5.14. The molecule has 0 saturated heterocycles. The third kappa shape index (κ3) is 3.17. The first-order valence-electron chi connectivity index (χ1n) is 5.13. The van der Waals surface area contributed by atoms with Crippen molar-refractivity contribution in [2.45, 2.75) is 13.8 Å². The van der Waals surface area contributed by atoms with Crippen LogP contribution in [0.3, 0.4) is 0 Å². The van der Waals surface area contributed by atoms with Gasteiger partial charge in [0.25, 0.3) is 0 Å². The Bertz CT molecular complexity index is 444. The highest BCUT2D eigenvalue weighted by molar-refractivity contribution is 7.80. The van der Waals surface area contributed by atoms with Crippen LogP contribution in [0.2, 0.25) is 0 Å². The molecule has 17 heavy (non-hydrogen) atoms. The fourth-order valence-corrected chi connectivity index (χ4v) is 1.19. The molecule has 0 aliphatic rings. The summed E-state index contributed by atoms with van der Waals surface area (Å²) in [6.45, 7) is 3.37. The van der Waals surface area contributed by atoms with E-state index in [9.17, 15) is 4.79 Å². The Morgan fingerprint density at radius 1 is 1.47 bits per heavy atom. The minimum atomic E-state index is -0.877. The number of benzene rings is 1. The Labute approximate surface area is 106 Å². The fourth-order valence-electron chi connectivity index (χ4n) is 1.10. The molecule has 0 atom stereocenters. The first-order chi connectivity index (χ1) is 7.87. The maximum atomic E-state index is 12.0. The van der Waals surface area contributed by atoms with E-state index in [4.69, 9.17) is 22.7 Å². The number of nitrogens with two attached hydrogens (primary N) is 1. The molecule has 3 N–H and O–H groups in total. The number of carbonyl (C=O) groups excluding carboxylic acids is 1. The van der Waals surface area contributed by atoms with Crippen LogP contribution in [0.5, 0.6) is 5.75 Å². The Hall–Kier alpha value is -1.62. The van der Waals surface area contributed by atoms with Crippen LogP contribution in [0.4, 0.5) is 5.69 Å². The number of rotatable bonds is 4. The molecule has 1 rings (SSSR count). The lowest BCUT2D eigenvalue weighted by Crippen LogP contribution is -2.41. The Morgan fingerprint density at radius 3 is 2.65 bits per heavy atom. The first-order valence-corrected chi connectivity index (χ1v) is 5.54. The van der Waals surface area contributed by atoms with Crippen LogP contribution in [0, 0.1) is 5.41 Å². The molecule has 1 aromatic carbocycles. The second-order valence-corrected chi connectivity index (χ2v) is 4.62. The number of anilines is 1. The molecular formula is C12H16N2O2S. The van der Waals surface area contributed by atoms with Crippen LogP contribution in [0.1, 0.15) is 13.8 Å². The number of thiocarbonyl (C=S) groups is 1. The van der Waals surface area contributed by atoms with E-state index in [1.807, 2.05) is 0 Å². The smallest absolute Gasteiger partial charge is 0.236 e. The van der Waals surface area contributed by atoms with Gasteiger partial charge in [-0.05, 0) is 26.0 Å². The number of nitrogens with one attached hydrogen (secondary N) is 1. The van der Waals surface area contributed by atoms with Gasteiger partial charge in [-0.3, -0.25) is 4.79 Å². The van der Waals surface area contributed by atoms with E-state index in [1.165, 1.54) is 0 Å². The summed E-state index contributed by atoms with van der Waals surface area (Å²) >= 11 is 4.86. The highest BCUT2D eigenvalue weighted by atomic mass is 32.1. The highest BCUT2D eigenvalue weighted by Crippen LogP contribution is 2.21. The highest BCUT2D eigenvalue weighted by Gasteiger charge is 2.30. The van der Waals surface area contributed by atoms with Gasteiger partial charge in [0.2, 0.25) is 5.91 Å². The van der Waals surface area contributed by atoms with Crippen LogP contribution in [-0.4, -0.2) is 18.0 Å². The van der Waals surface area contributed by atoms with Crippen molar-refractivity contribution in [3.63, 3.8) is 0 Å². The Balaban J connectivity index is 2.84. The molecule has 0 saturated carbocycles. The number of hydrogen-bond donors (Lipinski definition) is 2. The molecule has 92 valence electrons. The minimum Gasteiger partial charge on any atom is -0.497 e. The van der Waals surface area contributed by atoms with E-state index < -0.39 is 5.41 Å². The van der Waals surface area contributed by atoms with Gasteiger partial charge in [-0.1, -0.05) is 18.3 Å². The molecule has 0 heterocycles. The van der Waals surface area contributed by atoms with Crippen LogP contribution in [0.25, 0.3) is 0 Å². The van der Waals surface area contributed by atoms with Gasteiger partial charge < -0.3 is 15.8 Å². The molecule has 0 bridgehead atoms. The average Bonchev–Trinajstić information content (AvgIpc) is 2.29. The number of ether oxygens (including phenoxy) is 1. The minimum absolute atomic E-state index is 0.165. The summed E-state index contributed by atoms with van der Waals surface area (Å²) in [4.78, 5) is 12.1. The Morgan fingerprint density at radius 2 is 2.12 bits per heavy atom. The van der Waals surface area contributed by atoms with Gasteiger partial charge in [0.1, 0.15) is 5.75 Å². The molecule has 5 heteroatoms. The molecule has 0 aromatic heterocycles. The quantitative estimate of drug-likeness (QED) is 0.804.